The van der Waals surface area contributed by atoms with Crippen LogP contribution in [0.25, 0.3) is 0 Å². The highest BCUT2D eigenvalue weighted by molar-refractivity contribution is 5.86. The van der Waals surface area contributed by atoms with Gasteiger partial charge in [0.25, 0.3) is 11.9 Å². The van der Waals surface area contributed by atoms with E-state index in [9.17, 15) is 20.1 Å². The Bertz CT molecular complexity index is 431. The van der Waals surface area contributed by atoms with Crippen LogP contribution in [-0.4, -0.2) is 50.7 Å². The van der Waals surface area contributed by atoms with Gasteiger partial charge in [0.1, 0.15) is 12.5 Å². The minimum atomic E-state index is -3.04. The van der Waals surface area contributed by atoms with Crippen molar-refractivity contribution >= 4 is 5.97 Å². The zero-order valence-electron chi connectivity index (χ0n) is 11.2. The molecule has 8 heteroatoms. The second-order valence-corrected chi connectivity index (χ2v) is 5.11. The summed E-state index contributed by atoms with van der Waals surface area (Å²) < 4.78 is 16.2. The molecule has 3 fully saturated rings. The summed E-state index contributed by atoms with van der Waals surface area (Å²) in [7, 11) is 0. The first kappa shape index (κ1) is 15.4. The molecule has 0 aromatic rings. The van der Waals surface area contributed by atoms with E-state index in [4.69, 9.17) is 19.3 Å². The van der Waals surface area contributed by atoms with Gasteiger partial charge in [0.15, 0.2) is 0 Å². The van der Waals surface area contributed by atoms with Gasteiger partial charge < -0.3 is 25.2 Å². The molecule has 2 unspecified atom stereocenters. The fourth-order valence-electron chi connectivity index (χ4n) is 2.56. The fourth-order valence-corrected chi connectivity index (χ4v) is 2.56. The maximum absolute atomic E-state index is 11.0. The molecule has 3 aliphatic rings. The molecule has 0 aromatic heterocycles. The Kier molecular flexibility index (Phi) is 3.44. The number of ether oxygens (including phenoxy) is 3. The van der Waals surface area contributed by atoms with E-state index in [1.807, 2.05) is 0 Å². The Morgan fingerprint density at radius 3 is 2.35 bits per heavy atom. The molecule has 3 heterocycles. The van der Waals surface area contributed by atoms with Gasteiger partial charge in [0.05, 0.1) is 0 Å². The summed E-state index contributed by atoms with van der Waals surface area (Å²) in [5.41, 5.74) is -0.0810. The molecule has 0 spiro atoms. The van der Waals surface area contributed by atoms with Crippen molar-refractivity contribution in [2.75, 3.05) is 6.61 Å². The van der Waals surface area contributed by atoms with Gasteiger partial charge in [0, 0.05) is 11.5 Å². The lowest BCUT2D eigenvalue weighted by Crippen LogP contribution is -2.66. The predicted molar refractivity (Wildman–Crippen MR) is 62.7 cm³/mol. The van der Waals surface area contributed by atoms with Gasteiger partial charge in [-0.3, -0.25) is 9.47 Å². The SMILES string of the molecule is C=C(C(=O)O)C(CC)C12COC(C(C)C(O)(O)O)(O1)O2. The van der Waals surface area contributed by atoms with Gasteiger partial charge >= 0.3 is 5.97 Å². The van der Waals surface area contributed by atoms with Crippen LogP contribution in [0.5, 0.6) is 0 Å². The molecule has 8 nitrogen and oxygen atoms in total. The molecular weight excluding hydrogens is 272 g/mol. The molecule has 3 rings (SSSR count). The van der Waals surface area contributed by atoms with Crippen LogP contribution in [0.2, 0.25) is 0 Å². The highest BCUT2D eigenvalue weighted by Gasteiger charge is 2.74. The Hall–Kier alpha value is -1.03. The highest BCUT2D eigenvalue weighted by Crippen LogP contribution is 2.57. The van der Waals surface area contributed by atoms with Crippen LogP contribution in [-0.2, 0) is 19.0 Å². The molecule has 0 radical (unpaired) electrons. The third-order valence-corrected chi connectivity index (χ3v) is 3.85. The van der Waals surface area contributed by atoms with E-state index in [1.165, 1.54) is 6.92 Å². The maximum Gasteiger partial charge on any atom is 0.331 e. The molecule has 114 valence electrons. The number of aliphatic carboxylic acids is 1. The number of hydrogen-bond donors (Lipinski definition) is 4. The molecule has 0 saturated carbocycles. The molecule has 0 aliphatic carbocycles. The van der Waals surface area contributed by atoms with Crippen LogP contribution in [0.1, 0.15) is 20.3 Å². The number of carboxylic acid groups (broad SMARTS) is 1. The zero-order chi connectivity index (χ0) is 15.3. The number of fused-ring (bicyclic) bond motifs is 1. The molecular formula is C12H18O8. The monoisotopic (exact) mass is 290 g/mol. The standard InChI is InChI=1S/C12H18O8/c1-4-8(6(2)9(13)14)10-5-18-12(19-10,20-10)7(3)11(15,16)17/h7-8,15-17H,2,4-5H2,1,3H3,(H,13,14). The Morgan fingerprint density at radius 1 is 1.40 bits per heavy atom. The first-order valence-corrected chi connectivity index (χ1v) is 6.21. The third kappa shape index (κ3) is 2.05. The fraction of sp³-hybridized carbons (Fsp3) is 0.750. The summed E-state index contributed by atoms with van der Waals surface area (Å²) in [6.07, 6.45) is 0.390. The molecule has 2 atom stereocenters. The van der Waals surface area contributed by atoms with Crippen molar-refractivity contribution in [3.05, 3.63) is 12.2 Å². The van der Waals surface area contributed by atoms with E-state index in [0.29, 0.717) is 6.42 Å². The molecule has 0 aromatic carbocycles. The van der Waals surface area contributed by atoms with Crippen molar-refractivity contribution in [2.24, 2.45) is 11.8 Å². The number of aliphatic hydroxyl groups is 3. The van der Waals surface area contributed by atoms with Crippen LogP contribution in [0, 0.1) is 11.8 Å². The van der Waals surface area contributed by atoms with Crippen LogP contribution >= 0.6 is 0 Å². The van der Waals surface area contributed by atoms with Gasteiger partial charge in [-0.15, -0.1) is 0 Å². The average molecular weight is 290 g/mol. The average Bonchev–Trinajstić information content (AvgIpc) is 2.83. The van der Waals surface area contributed by atoms with Crippen molar-refractivity contribution in [2.45, 2.75) is 38.0 Å². The zero-order valence-corrected chi connectivity index (χ0v) is 11.2. The molecule has 0 amide bonds. The lowest BCUT2D eigenvalue weighted by atomic mass is 9.87. The minimum Gasteiger partial charge on any atom is -0.478 e. The minimum absolute atomic E-state index is 0.0810. The topological polar surface area (TPSA) is 126 Å². The Morgan fingerprint density at radius 2 is 1.95 bits per heavy atom. The van der Waals surface area contributed by atoms with E-state index in [2.05, 4.69) is 6.58 Å². The second kappa shape index (κ2) is 4.48. The number of carboxylic acids is 1. The largest absolute Gasteiger partial charge is 0.478 e. The van der Waals surface area contributed by atoms with Gasteiger partial charge in [-0.2, -0.15) is 0 Å². The lowest BCUT2D eigenvalue weighted by Gasteiger charge is -2.50. The lowest BCUT2D eigenvalue weighted by molar-refractivity contribution is -0.558. The summed E-state index contributed by atoms with van der Waals surface area (Å²) in [6, 6.07) is 0. The van der Waals surface area contributed by atoms with Crippen LogP contribution in [0.3, 0.4) is 0 Å². The van der Waals surface area contributed by atoms with Gasteiger partial charge in [-0.05, 0) is 13.3 Å². The third-order valence-electron chi connectivity index (χ3n) is 3.85. The van der Waals surface area contributed by atoms with Crippen molar-refractivity contribution in [3.63, 3.8) is 0 Å². The summed E-state index contributed by atoms with van der Waals surface area (Å²) >= 11 is 0. The smallest absolute Gasteiger partial charge is 0.331 e. The van der Waals surface area contributed by atoms with E-state index in [1.54, 1.807) is 6.92 Å². The van der Waals surface area contributed by atoms with Crippen LogP contribution in [0.4, 0.5) is 0 Å². The molecule has 3 aliphatic heterocycles. The first-order chi connectivity index (χ1) is 9.08. The van der Waals surface area contributed by atoms with Crippen LogP contribution in [0.15, 0.2) is 12.2 Å². The quantitative estimate of drug-likeness (QED) is 0.375. The number of hydrogen-bond acceptors (Lipinski definition) is 7. The number of rotatable bonds is 6. The first-order valence-electron chi connectivity index (χ1n) is 6.21. The normalized spacial score (nSPS) is 35.2. The van der Waals surface area contributed by atoms with Gasteiger partial charge in [-0.1, -0.05) is 13.5 Å². The van der Waals surface area contributed by atoms with E-state index in [0.717, 1.165) is 0 Å². The predicted octanol–water partition coefficient (Wildman–Crippen LogP) is -0.653. The van der Waals surface area contributed by atoms with Gasteiger partial charge in [0.2, 0.25) is 5.79 Å². The molecule has 4 N–H and O–H groups in total. The van der Waals surface area contributed by atoms with E-state index in [-0.39, 0.29) is 12.2 Å². The maximum atomic E-state index is 11.0. The van der Waals surface area contributed by atoms with Crippen molar-refractivity contribution < 1.29 is 39.4 Å². The molecule has 20 heavy (non-hydrogen) atoms. The summed E-state index contributed by atoms with van der Waals surface area (Å²) in [6.45, 7) is 6.42. The van der Waals surface area contributed by atoms with Gasteiger partial charge in [-0.25, -0.2) is 4.79 Å². The van der Waals surface area contributed by atoms with Crippen LogP contribution < -0.4 is 0 Å². The highest BCUT2D eigenvalue weighted by atomic mass is 17.1. The van der Waals surface area contributed by atoms with E-state index < -0.39 is 35.5 Å². The summed E-state index contributed by atoms with van der Waals surface area (Å²) in [5, 5.41) is 36.5. The Labute approximate surface area is 115 Å². The second-order valence-electron chi connectivity index (χ2n) is 5.11. The summed E-state index contributed by atoms with van der Waals surface area (Å²) in [5.74, 6) is -9.26. The molecule has 3 saturated heterocycles. The molecule has 2 bridgehead atoms. The summed E-state index contributed by atoms with van der Waals surface area (Å²) in [4.78, 5) is 11.0. The van der Waals surface area contributed by atoms with E-state index >= 15 is 0 Å². The number of carbonyl (C=O) groups is 1. The van der Waals surface area contributed by atoms with Crippen molar-refractivity contribution in [1.29, 1.82) is 0 Å². The Balaban J connectivity index is 2.16. The van der Waals surface area contributed by atoms with Crippen molar-refractivity contribution in [1.82, 2.24) is 0 Å². The van der Waals surface area contributed by atoms with Crippen molar-refractivity contribution in [3.8, 4) is 0 Å².